The van der Waals surface area contributed by atoms with Crippen molar-refractivity contribution in [2.75, 3.05) is 13.2 Å². The molecule has 1 rings (SSSR count). The maximum absolute atomic E-state index is 8.66. The van der Waals surface area contributed by atoms with E-state index >= 15 is 0 Å². The first-order valence-electron chi connectivity index (χ1n) is 7.38. The van der Waals surface area contributed by atoms with Gasteiger partial charge in [0.15, 0.2) is 6.61 Å². The van der Waals surface area contributed by atoms with Crippen LogP contribution in [-0.2, 0) is 0 Å². The van der Waals surface area contributed by atoms with Crippen LogP contribution >= 0.6 is 0 Å². The van der Waals surface area contributed by atoms with Gasteiger partial charge in [-0.05, 0) is 32.8 Å². The minimum Gasteiger partial charge on any atom is -0.478 e. The Bertz CT molecular complexity index is 519. The van der Waals surface area contributed by atoms with E-state index < -0.39 is 0 Å². The number of nitrogens with zero attached hydrogens (tertiary/aromatic N) is 1. The highest BCUT2D eigenvalue weighted by Crippen LogP contribution is 2.23. The Morgan fingerprint density at radius 2 is 2.00 bits per heavy atom. The third kappa shape index (κ3) is 6.46. The molecule has 1 aromatic rings. The zero-order chi connectivity index (χ0) is 15.9. The highest BCUT2D eigenvalue weighted by Gasteiger charge is 2.12. The molecule has 0 spiro atoms. The summed E-state index contributed by atoms with van der Waals surface area (Å²) in [5, 5.41) is 12.2. The summed E-state index contributed by atoms with van der Waals surface area (Å²) < 4.78 is 5.49. The second-order valence-corrected chi connectivity index (χ2v) is 6.46. The zero-order valence-corrected chi connectivity index (χ0v) is 13.7. The normalized spacial score (nSPS) is 12.3. The minimum absolute atomic E-state index is 0.0715. The van der Waals surface area contributed by atoms with Crippen molar-refractivity contribution < 1.29 is 4.74 Å². The van der Waals surface area contributed by atoms with Gasteiger partial charge in [0.25, 0.3) is 0 Å². The summed E-state index contributed by atoms with van der Waals surface area (Å²) in [4.78, 5) is 0. The second-order valence-electron chi connectivity index (χ2n) is 6.46. The van der Waals surface area contributed by atoms with Crippen LogP contribution in [0, 0.1) is 17.2 Å². The summed E-state index contributed by atoms with van der Waals surface area (Å²) in [6, 6.07) is 9.84. The number of ether oxygens (including phenoxy) is 1. The van der Waals surface area contributed by atoms with Gasteiger partial charge >= 0.3 is 0 Å². The van der Waals surface area contributed by atoms with Crippen LogP contribution in [0.4, 0.5) is 0 Å². The fraction of sp³-hybridized carbons (Fsp3) is 0.500. The Labute approximate surface area is 128 Å². The molecule has 3 heteroatoms. The van der Waals surface area contributed by atoms with E-state index in [4.69, 9.17) is 10.00 Å². The van der Waals surface area contributed by atoms with Gasteiger partial charge in [0.2, 0.25) is 0 Å². The maximum atomic E-state index is 8.66. The summed E-state index contributed by atoms with van der Waals surface area (Å²) in [5.74, 6) is 1.21. The van der Waals surface area contributed by atoms with Gasteiger partial charge in [-0.1, -0.05) is 43.7 Å². The van der Waals surface area contributed by atoms with Gasteiger partial charge in [0.05, 0.1) is 0 Å². The van der Waals surface area contributed by atoms with Crippen LogP contribution in [0.5, 0.6) is 5.75 Å². The lowest BCUT2D eigenvalue weighted by atomic mass is 9.98. The first kappa shape index (κ1) is 17.3. The Morgan fingerprint density at radius 1 is 1.33 bits per heavy atom. The lowest BCUT2D eigenvalue weighted by Gasteiger charge is -2.23. The van der Waals surface area contributed by atoms with Crippen LogP contribution in [-0.4, -0.2) is 18.7 Å². The molecule has 1 N–H and O–H groups in total. The number of nitrogens with one attached hydrogen (secondary N) is 1. The zero-order valence-electron chi connectivity index (χ0n) is 13.7. The van der Waals surface area contributed by atoms with Crippen molar-refractivity contribution in [1.82, 2.24) is 5.32 Å². The van der Waals surface area contributed by atoms with E-state index in [0.717, 1.165) is 17.9 Å². The van der Waals surface area contributed by atoms with E-state index in [1.54, 1.807) is 0 Å². The van der Waals surface area contributed by atoms with Crippen LogP contribution in [0.25, 0.3) is 6.08 Å². The van der Waals surface area contributed by atoms with Gasteiger partial charge in [-0.25, -0.2) is 0 Å². The highest BCUT2D eigenvalue weighted by molar-refractivity contribution is 5.60. The number of hydrogen-bond acceptors (Lipinski definition) is 3. The topological polar surface area (TPSA) is 45.0 Å². The SMILES string of the molecule is CC(C)C(=Cc1ccccc1OCC#N)CNC(C)(C)C. The Kier molecular flexibility index (Phi) is 6.45. The molecule has 21 heavy (non-hydrogen) atoms. The van der Waals surface area contributed by atoms with Crippen LogP contribution in [0.1, 0.15) is 40.2 Å². The molecular formula is C18H26N2O. The summed E-state index contributed by atoms with van der Waals surface area (Å²) in [6.07, 6.45) is 2.16. The summed E-state index contributed by atoms with van der Waals surface area (Å²) in [6.45, 7) is 11.8. The van der Waals surface area contributed by atoms with E-state index in [9.17, 15) is 0 Å². The molecule has 0 amide bonds. The molecule has 1 aromatic carbocycles. The van der Waals surface area contributed by atoms with Crippen LogP contribution in [0.15, 0.2) is 29.8 Å². The molecular weight excluding hydrogens is 260 g/mol. The molecule has 0 heterocycles. The van der Waals surface area contributed by atoms with Gasteiger partial charge in [-0.2, -0.15) is 5.26 Å². The van der Waals surface area contributed by atoms with Gasteiger partial charge in [0.1, 0.15) is 11.8 Å². The Hall–Kier alpha value is -1.79. The molecule has 0 radical (unpaired) electrons. The smallest absolute Gasteiger partial charge is 0.174 e. The van der Waals surface area contributed by atoms with Crippen molar-refractivity contribution in [3.63, 3.8) is 0 Å². The molecule has 0 aliphatic carbocycles. The van der Waals surface area contributed by atoms with Gasteiger partial charge in [-0.3, -0.25) is 0 Å². The van der Waals surface area contributed by atoms with Crippen LogP contribution < -0.4 is 10.1 Å². The average Bonchev–Trinajstić information content (AvgIpc) is 2.40. The molecule has 3 nitrogen and oxygen atoms in total. The molecule has 0 aromatic heterocycles. The summed E-state index contributed by atoms with van der Waals surface area (Å²) >= 11 is 0. The third-order valence-electron chi connectivity index (χ3n) is 3.12. The van der Waals surface area contributed by atoms with Crippen molar-refractivity contribution in [3.8, 4) is 11.8 Å². The number of para-hydroxylation sites is 1. The predicted molar refractivity (Wildman–Crippen MR) is 88.1 cm³/mol. The summed E-state index contributed by atoms with van der Waals surface area (Å²) in [7, 11) is 0. The van der Waals surface area contributed by atoms with E-state index in [1.807, 2.05) is 30.3 Å². The van der Waals surface area contributed by atoms with Crippen LogP contribution in [0.3, 0.4) is 0 Å². The third-order valence-corrected chi connectivity index (χ3v) is 3.12. The van der Waals surface area contributed by atoms with Crippen molar-refractivity contribution in [2.45, 2.75) is 40.2 Å². The first-order valence-corrected chi connectivity index (χ1v) is 7.38. The molecule has 0 unspecified atom stereocenters. The van der Waals surface area contributed by atoms with Crippen molar-refractivity contribution in [1.29, 1.82) is 5.26 Å². The van der Waals surface area contributed by atoms with Crippen molar-refractivity contribution >= 4 is 6.08 Å². The molecule has 0 saturated carbocycles. The highest BCUT2D eigenvalue weighted by atomic mass is 16.5. The van der Waals surface area contributed by atoms with E-state index in [1.165, 1.54) is 5.57 Å². The molecule has 0 aliphatic rings. The first-order chi connectivity index (χ1) is 9.83. The van der Waals surface area contributed by atoms with E-state index in [0.29, 0.717) is 5.92 Å². The van der Waals surface area contributed by atoms with Gasteiger partial charge < -0.3 is 10.1 Å². The fourth-order valence-electron chi connectivity index (χ4n) is 1.83. The molecule has 0 saturated heterocycles. The number of hydrogen-bond donors (Lipinski definition) is 1. The van der Waals surface area contributed by atoms with E-state index in [2.05, 4.69) is 46.0 Å². The summed E-state index contributed by atoms with van der Waals surface area (Å²) in [5.41, 5.74) is 2.43. The number of rotatable bonds is 6. The van der Waals surface area contributed by atoms with Gasteiger partial charge in [0, 0.05) is 17.6 Å². The average molecular weight is 286 g/mol. The van der Waals surface area contributed by atoms with Crippen molar-refractivity contribution in [2.24, 2.45) is 5.92 Å². The predicted octanol–water partition coefficient (Wildman–Crippen LogP) is 4.02. The maximum Gasteiger partial charge on any atom is 0.174 e. The van der Waals surface area contributed by atoms with Crippen LogP contribution in [0.2, 0.25) is 0 Å². The van der Waals surface area contributed by atoms with E-state index in [-0.39, 0.29) is 12.1 Å². The minimum atomic E-state index is 0.0715. The number of nitriles is 1. The number of benzene rings is 1. The largest absolute Gasteiger partial charge is 0.478 e. The molecule has 0 bridgehead atoms. The molecule has 0 fully saturated rings. The van der Waals surface area contributed by atoms with Gasteiger partial charge in [-0.15, -0.1) is 0 Å². The quantitative estimate of drug-likeness (QED) is 0.859. The molecule has 0 aliphatic heterocycles. The monoisotopic (exact) mass is 286 g/mol. The molecule has 0 atom stereocenters. The fourth-order valence-corrected chi connectivity index (χ4v) is 1.83. The second kappa shape index (κ2) is 7.85. The Balaban J connectivity index is 2.97. The lowest BCUT2D eigenvalue weighted by molar-refractivity contribution is 0.367. The standard InChI is InChI=1S/C18H26N2O/c1-14(2)16(13-20-18(3,4)5)12-15-8-6-7-9-17(15)21-11-10-19/h6-9,12,14,20H,11,13H2,1-5H3. The van der Waals surface area contributed by atoms with Crippen molar-refractivity contribution in [3.05, 3.63) is 35.4 Å². The lowest BCUT2D eigenvalue weighted by Crippen LogP contribution is -2.37. The molecule has 114 valence electrons. The Morgan fingerprint density at radius 3 is 2.57 bits per heavy atom.